The molecule has 36 heavy (non-hydrogen) atoms. The lowest BCUT2D eigenvalue weighted by Crippen LogP contribution is -2.26. The molecule has 0 amide bonds. The van der Waals surface area contributed by atoms with Gasteiger partial charge in [0, 0.05) is 30.2 Å². The predicted octanol–water partition coefficient (Wildman–Crippen LogP) is 5.59. The number of nitrogens with zero attached hydrogens (tertiary/aromatic N) is 5. The first-order chi connectivity index (χ1) is 17.7. The number of nitrogens with one attached hydrogen (secondary N) is 1. The smallest absolute Gasteiger partial charge is 0.339 e. The Bertz CT molecular complexity index is 1480. The number of carboxylic acid groups (broad SMARTS) is 1. The highest BCUT2D eigenvalue weighted by Gasteiger charge is 2.20. The van der Waals surface area contributed by atoms with Gasteiger partial charge < -0.3 is 10.0 Å². The molecule has 0 aliphatic carbocycles. The van der Waals surface area contributed by atoms with Crippen molar-refractivity contribution in [2.24, 2.45) is 0 Å². The van der Waals surface area contributed by atoms with Crippen LogP contribution in [0.25, 0.3) is 33.4 Å². The van der Waals surface area contributed by atoms with Crippen LogP contribution >= 0.6 is 0 Å². The molecule has 2 heterocycles. The van der Waals surface area contributed by atoms with E-state index in [0.29, 0.717) is 18.1 Å². The molecule has 5 rings (SSSR count). The Morgan fingerprint density at radius 1 is 0.972 bits per heavy atom. The summed E-state index contributed by atoms with van der Waals surface area (Å²) in [4.78, 5) is 18.7. The van der Waals surface area contributed by atoms with Gasteiger partial charge in [0.15, 0.2) is 0 Å². The average molecular weight is 479 g/mol. The topological polar surface area (TPSA) is 108 Å². The van der Waals surface area contributed by atoms with Crippen molar-refractivity contribution in [2.75, 3.05) is 11.4 Å². The summed E-state index contributed by atoms with van der Waals surface area (Å²) >= 11 is 0. The maximum absolute atomic E-state index is 12.1. The lowest BCUT2D eigenvalue weighted by Gasteiger charge is -2.28. The number of hydrogen-bond donors (Lipinski definition) is 2. The van der Waals surface area contributed by atoms with Gasteiger partial charge in [0.2, 0.25) is 5.82 Å². The molecule has 0 radical (unpaired) electrons. The number of aromatic carboxylic acids is 1. The molecule has 0 saturated heterocycles. The van der Waals surface area contributed by atoms with E-state index in [9.17, 15) is 9.90 Å². The Balaban J connectivity index is 1.50. The van der Waals surface area contributed by atoms with Gasteiger partial charge in [0.05, 0.1) is 11.2 Å². The minimum atomic E-state index is -0.974. The number of tetrazole rings is 1. The number of fused-ring (bicyclic) bond motifs is 1. The van der Waals surface area contributed by atoms with Gasteiger partial charge in [0.25, 0.3) is 0 Å². The Hall–Kier alpha value is -4.59. The van der Waals surface area contributed by atoms with Crippen molar-refractivity contribution in [3.8, 4) is 22.5 Å². The molecule has 0 saturated carbocycles. The summed E-state index contributed by atoms with van der Waals surface area (Å²) in [6, 6.07) is 24.0. The second kappa shape index (κ2) is 10.4. The number of H-pyrrole nitrogens is 1. The molecule has 8 nitrogen and oxygen atoms in total. The third-order valence-electron chi connectivity index (χ3n) is 6.23. The number of hydrogen-bond acceptors (Lipinski definition) is 6. The highest BCUT2D eigenvalue weighted by Crippen LogP contribution is 2.33. The van der Waals surface area contributed by atoms with Gasteiger partial charge in [0.1, 0.15) is 5.56 Å². The molecule has 5 aromatic rings. The van der Waals surface area contributed by atoms with Crippen LogP contribution < -0.4 is 4.90 Å². The molecule has 0 aliphatic rings. The number of pyridine rings is 1. The van der Waals surface area contributed by atoms with E-state index in [1.165, 1.54) is 6.20 Å². The second-order valence-electron chi connectivity index (χ2n) is 8.60. The number of carboxylic acids is 1. The molecule has 0 unspecified atom stereocenters. The maximum Gasteiger partial charge on any atom is 0.339 e. The zero-order valence-corrected chi connectivity index (χ0v) is 19.9. The van der Waals surface area contributed by atoms with Crippen molar-refractivity contribution in [3.05, 3.63) is 90.1 Å². The van der Waals surface area contributed by atoms with Crippen LogP contribution in [0.2, 0.25) is 0 Å². The van der Waals surface area contributed by atoms with Gasteiger partial charge in [-0.1, -0.05) is 80.1 Å². The van der Waals surface area contributed by atoms with Crippen molar-refractivity contribution < 1.29 is 9.90 Å². The Morgan fingerprint density at radius 2 is 1.72 bits per heavy atom. The van der Waals surface area contributed by atoms with E-state index in [1.807, 2.05) is 48.5 Å². The van der Waals surface area contributed by atoms with Gasteiger partial charge in [-0.25, -0.2) is 4.79 Å². The van der Waals surface area contributed by atoms with E-state index in [1.54, 1.807) is 0 Å². The Kier molecular flexibility index (Phi) is 6.66. The molecule has 0 aliphatic heterocycles. The second-order valence-corrected chi connectivity index (χ2v) is 8.60. The van der Waals surface area contributed by atoms with Crippen LogP contribution in [0.1, 0.15) is 35.7 Å². The van der Waals surface area contributed by atoms with Crippen LogP contribution in [0.15, 0.2) is 79.0 Å². The number of rotatable bonds is 9. The SMILES string of the molecule is CCCCN(Cc1ccc(-c2ccccc2-c2nn[nH]n2)cc1)c1c(C(=O)O)cnc2ccccc12. The van der Waals surface area contributed by atoms with Crippen molar-refractivity contribution in [1.29, 1.82) is 0 Å². The zero-order valence-electron chi connectivity index (χ0n) is 19.9. The van der Waals surface area contributed by atoms with E-state index in [4.69, 9.17) is 0 Å². The van der Waals surface area contributed by atoms with Crippen LogP contribution in [0.5, 0.6) is 0 Å². The number of anilines is 1. The standard InChI is InChI=1S/C28H26N6O2/c1-2-3-16-34(26-23-10-6-7-11-25(23)29-17-24(26)28(35)36)18-19-12-14-20(15-13-19)21-8-4-5-9-22(21)27-30-32-33-31-27/h4-15,17H,2-3,16,18H2,1H3,(H,35,36)(H,30,31,32,33). The van der Waals surface area contributed by atoms with Crippen molar-refractivity contribution in [1.82, 2.24) is 25.6 Å². The van der Waals surface area contributed by atoms with Gasteiger partial charge >= 0.3 is 5.97 Å². The third-order valence-corrected chi connectivity index (χ3v) is 6.23. The number of carbonyl (C=O) groups is 1. The van der Waals surface area contributed by atoms with Crippen LogP contribution in [0.3, 0.4) is 0 Å². The number of unbranched alkanes of at least 4 members (excludes halogenated alkanes) is 1. The summed E-state index contributed by atoms with van der Waals surface area (Å²) in [5.74, 6) is -0.427. The summed E-state index contributed by atoms with van der Waals surface area (Å²) in [5.41, 5.74) is 5.76. The van der Waals surface area contributed by atoms with E-state index in [-0.39, 0.29) is 5.56 Å². The summed E-state index contributed by atoms with van der Waals surface area (Å²) in [7, 11) is 0. The summed E-state index contributed by atoms with van der Waals surface area (Å²) in [5, 5.41) is 25.3. The van der Waals surface area contributed by atoms with E-state index in [2.05, 4.69) is 61.7 Å². The van der Waals surface area contributed by atoms with Crippen LogP contribution in [0, 0.1) is 0 Å². The molecule has 0 fully saturated rings. The molecule has 0 bridgehead atoms. The predicted molar refractivity (Wildman–Crippen MR) is 140 cm³/mol. The molecule has 3 aromatic carbocycles. The summed E-state index contributed by atoms with van der Waals surface area (Å²) in [6.07, 6.45) is 3.43. The van der Waals surface area contributed by atoms with E-state index in [0.717, 1.165) is 52.5 Å². The first kappa shape index (κ1) is 23.2. The fraction of sp³-hybridized carbons (Fsp3) is 0.179. The first-order valence-corrected chi connectivity index (χ1v) is 11.9. The zero-order chi connectivity index (χ0) is 24.9. The molecule has 8 heteroatoms. The molecule has 2 N–H and O–H groups in total. The highest BCUT2D eigenvalue weighted by molar-refractivity contribution is 6.04. The number of aromatic nitrogens is 5. The van der Waals surface area contributed by atoms with Gasteiger partial charge in [-0.15, -0.1) is 10.2 Å². The average Bonchev–Trinajstić information content (AvgIpc) is 3.46. The van der Waals surface area contributed by atoms with E-state index < -0.39 is 5.97 Å². The van der Waals surface area contributed by atoms with Crippen LogP contribution in [-0.2, 0) is 6.54 Å². The van der Waals surface area contributed by atoms with Crippen LogP contribution in [0.4, 0.5) is 5.69 Å². The van der Waals surface area contributed by atoms with Gasteiger partial charge in [-0.2, -0.15) is 5.21 Å². The molecule has 0 atom stereocenters. The Morgan fingerprint density at radius 3 is 2.44 bits per heavy atom. The van der Waals surface area contributed by atoms with Crippen molar-refractivity contribution >= 4 is 22.6 Å². The number of para-hydroxylation sites is 1. The monoisotopic (exact) mass is 478 g/mol. The first-order valence-electron chi connectivity index (χ1n) is 11.9. The molecule has 180 valence electrons. The van der Waals surface area contributed by atoms with Gasteiger partial charge in [-0.05, 0) is 34.4 Å². The lowest BCUT2D eigenvalue weighted by atomic mass is 9.98. The van der Waals surface area contributed by atoms with Gasteiger partial charge in [-0.3, -0.25) is 4.98 Å². The molecular formula is C28H26N6O2. The quantitative estimate of drug-likeness (QED) is 0.284. The highest BCUT2D eigenvalue weighted by atomic mass is 16.4. The third kappa shape index (κ3) is 4.65. The number of benzene rings is 3. The van der Waals surface area contributed by atoms with Crippen molar-refractivity contribution in [3.63, 3.8) is 0 Å². The largest absolute Gasteiger partial charge is 0.478 e. The minimum absolute atomic E-state index is 0.218. The fourth-order valence-corrected chi connectivity index (χ4v) is 4.46. The molecule has 2 aromatic heterocycles. The Labute approximate surface area is 208 Å². The number of aromatic amines is 1. The van der Waals surface area contributed by atoms with Crippen LogP contribution in [-0.4, -0.2) is 43.2 Å². The lowest BCUT2D eigenvalue weighted by molar-refractivity contribution is 0.0697. The normalized spacial score (nSPS) is 11.0. The maximum atomic E-state index is 12.1. The minimum Gasteiger partial charge on any atom is -0.478 e. The fourth-order valence-electron chi connectivity index (χ4n) is 4.46. The molecule has 0 spiro atoms. The summed E-state index contributed by atoms with van der Waals surface area (Å²) in [6.45, 7) is 3.46. The molecular weight excluding hydrogens is 452 g/mol. The summed E-state index contributed by atoms with van der Waals surface area (Å²) < 4.78 is 0. The van der Waals surface area contributed by atoms with Crippen molar-refractivity contribution in [2.45, 2.75) is 26.3 Å². The van der Waals surface area contributed by atoms with E-state index >= 15 is 0 Å².